The fourth-order valence-corrected chi connectivity index (χ4v) is 7.44. The van der Waals surface area contributed by atoms with E-state index in [1.54, 1.807) is 6.08 Å². The summed E-state index contributed by atoms with van der Waals surface area (Å²) >= 11 is 0. The zero-order valence-electron chi connectivity index (χ0n) is 43.0. The van der Waals surface area contributed by atoms with E-state index in [4.69, 9.17) is 9.47 Å². The van der Waals surface area contributed by atoms with Gasteiger partial charge in [-0.1, -0.05) is 199 Å². The lowest BCUT2D eigenvalue weighted by atomic mass is 9.99. The number of amides is 1. The molecule has 1 aliphatic rings. The molecule has 0 spiro atoms. The average Bonchev–Trinajstić information content (AvgIpc) is 3.35. The summed E-state index contributed by atoms with van der Waals surface area (Å²) in [5.74, 6) is -0.213. The van der Waals surface area contributed by atoms with E-state index in [9.17, 15) is 30.3 Å². The number of hydrogen-bond donors (Lipinski definition) is 6. The minimum absolute atomic E-state index is 0.213. The summed E-state index contributed by atoms with van der Waals surface area (Å²) in [5.41, 5.74) is 0. The van der Waals surface area contributed by atoms with Crippen molar-refractivity contribution in [1.82, 2.24) is 5.32 Å². The van der Waals surface area contributed by atoms with Crippen LogP contribution >= 0.6 is 0 Å². The number of aliphatic hydroxyl groups excluding tert-OH is 5. The number of allylic oxidation sites excluding steroid dienone is 21. The second-order valence-corrected chi connectivity index (χ2v) is 17.9. The van der Waals surface area contributed by atoms with Gasteiger partial charge < -0.3 is 40.3 Å². The van der Waals surface area contributed by atoms with Crippen LogP contribution in [-0.2, 0) is 14.3 Å². The van der Waals surface area contributed by atoms with Gasteiger partial charge in [-0.25, -0.2) is 0 Å². The Kier molecular flexibility index (Phi) is 44.0. The van der Waals surface area contributed by atoms with Crippen LogP contribution < -0.4 is 5.32 Å². The quantitative estimate of drug-likeness (QED) is 0.0261. The Morgan fingerprint density at radius 2 is 0.913 bits per heavy atom. The molecular weight excluding hydrogens is 863 g/mol. The third kappa shape index (κ3) is 37.8. The molecule has 0 aromatic rings. The van der Waals surface area contributed by atoms with E-state index in [-0.39, 0.29) is 12.5 Å². The van der Waals surface area contributed by atoms with Crippen molar-refractivity contribution in [2.24, 2.45) is 0 Å². The number of aliphatic hydroxyl groups is 5. The first-order chi connectivity index (χ1) is 33.8. The third-order valence-corrected chi connectivity index (χ3v) is 11.7. The normalized spacial score (nSPS) is 20.6. The summed E-state index contributed by atoms with van der Waals surface area (Å²) in [7, 11) is 0. The molecule has 1 heterocycles. The molecule has 1 saturated heterocycles. The van der Waals surface area contributed by atoms with Gasteiger partial charge in [0.25, 0.3) is 0 Å². The van der Waals surface area contributed by atoms with Gasteiger partial charge in [0.1, 0.15) is 24.4 Å². The Bertz CT molecular complexity index is 1530. The Labute approximate surface area is 420 Å². The highest BCUT2D eigenvalue weighted by molar-refractivity contribution is 5.76. The minimum atomic E-state index is -1.59. The Balaban J connectivity index is 2.29. The molecule has 69 heavy (non-hydrogen) atoms. The van der Waals surface area contributed by atoms with Crippen molar-refractivity contribution < 1.29 is 39.8 Å². The minimum Gasteiger partial charge on any atom is -0.394 e. The summed E-state index contributed by atoms with van der Waals surface area (Å²) in [6.07, 6.45) is 66.4. The van der Waals surface area contributed by atoms with Crippen LogP contribution in [0, 0.1) is 0 Å². The van der Waals surface area contributed by atoms with Crippen LogP contribution in [-0.4, -0.2) is 87.5 Å². The second-order valence-electron chi connectivity index (χ2n) is 17.9. The largest absolute Gasteiger partial charge is 0.394 e. The molecule has 390 valence electrons. The van der Waals surface area contributed by atoms with Crippen LogP contribution in [0.2, 0.25) is 0 Å². The maximum atomic E-state index is 13.0. The number of hydrogen-bond acceptors (Lipinski definition) is 8. The highest BCUT2D eigenvalue weighted by Gasteiger charge is 2.44. The first-order valence-electron chi connectivity index (χ1n) is 26.9. The molecule has 1 rings (SSSR count). The van der Waals surface area contributed by atoms with Gasteiger partial charge in [0, 0.05) is 6.42 Å². The summed E-state index contributed by atoms with van der Waals surface area (Å²) in [6.45, 7) is 3.59. The van der Waals surface area contributed by atoms with Crippen molar-refractivity contribution >= 4 is 5.91 Å². The number of unbranched alkanes of at least 4 members (excludes halogenated alkanes) is 13. The molecule has 1 amide bonds. The van der Waals surface area contributed by atoms with Crippen LogP contribution in [0.15, 0.2) is 134 Å². The zero-order valence-corrected chi connectivity index (χ0v) is 43.0. The molecule has 9 heteroatoms. The molecule has 1 aliphatic heterocycles. The molecule has 6 N–H and O–H groups in total. The SMILES string of the molecule is CC/C=C\C/C=C\C/C=C\C/C=C\C/C=C\C/C=C\C/C=C\C/C=C\CCCCCCCCC(=O)NC(COC1OC(CO)C(O)C(O)C1O)C(O)/C=C/CC/C=C/CC/C=C/CCCCCCC. The molecular formula is C60H97NO8. The molecule has 1 fully saturated rings. The topological polar surface area (TPSA) is 149 Å². The predicted octanol–water partition coefficient (Wildman–Crippen LogP) is 12.9. The summed E-state index contributed by atoms with van der Waals surface area (Å²) in [6, 6.07) is -0.846. The smallest absolute Gasteiger partial charge is 0.220 e. The lowest BCUT2D eigenvalue weighted by Crippen LogP contribution is -2.60. The number of ether oxygens (including phenoxy) is 2. The fraction of sp³-hybridized carbons (Fsp3) is 0.617. The van der Waals surface area contributed by atoms with Crippen molar-refractivity contribution in [3.63, 3.8) is 0 Å². The Morgan fingerprint density at radius 1 is 0.507 bits per heavy atom. The maximum Gasteiger partial charge on any atom is 0.220 e. The van der Waals surface area contributed by atoms with Crippen LogP contribution in [0.4, 0.5) is 0 Å². The highest BCUT2D eigenvalue weighted by atomic mass is 16.7. The fourth-order valence-electron chi connectivity index (χ4n) is 7.44. The van der Waals surface area contributed by atoms with Gasteiger partial charge in [0.05, 0.1) is 25.4 Å². The molecule has 9 nitrogen and oxygen atoms in total. The molecule has 0 saturated carbocycles. The molecule has 7 unspecified atom stereocenters. The van der Waals surface area contributed by atoms with Crippen LogP contribution in [0.5, 0.6) is 0 Å². The Morgan fingerprint density at radius 3 is 1.39 bits per heavy atom. The number of carbonyl (C=O) groups is 1. The van der Waals surface area contributed by atoms with Crippen LogP contribution in [0.25, 0.3) is 0 Å². The first kappa shape index (κ1) is 63.3. The van der Waals surface area contributed by atoms with E-state index < -0.39 is 49.5 Å². The van der Waals surface area contributed by atoms with Gasteiger partial charge in [-0.15, -0.1) is 0 Å². The molecule has 0 radical (unpaired) electrons. The standard InChI is InChI=1S/C60H97NO8/c1-3-5-7-9-11-13-15-17-19-20-21-22-23-24-25-26-27-28-29-30-31-32-33-34-36-38-40-42-44-46-48-50-56(64)61-53(52-68-60-59(67)58(66)57(65)55(51-62)69-60)54(63)49-47-45-43-41-39-37-35-18-16-14-12-10-8-6-4-2/h5,7,11,13,16-19,21-22,24-25,27-28,30-31,33-34,39,41,47,49,53-55,57-60,62-63,65-67H,3-4,6,8-10,12,14-15,20,23,26,29,32,35-38,40,42-46,48,50-52H2,1-2H3,(H,61,64)/b7-5-,13-11-,18-16+,19-17-,22-21-,25-24-,28-27-,31-30-,34-33-,41-39+,49-47+. The van der Waals surface area contributed by atoms with E-state index >= 15 is 0 Å². The monoisotopic (exact) mass is 960 g/mol. The van der Waals surface area contributed by atoms with Gasteiger partial charge in [0.15, 0.2) is 6.29 Å². The number of nitrogens with one attached hydrogen (secondary N) is 1. The zero-order chi connectivity index (χ0) is 50.1. The van der Waals surface area contributed by atoms with Crippen molar-refractivity contribution in [2.45, 2.75) is 224 Å². The van der Waals surface area contributed by atoms with E-state index in [1.807, 2.05) is 6.08 Å². The maximum absolute atomic E-state index is 13.0. The lowest BCUT2D eigenvalue weighted by Gasteiger charge is -2.40. The van der Waals surface area contributed by atoms with E-state index in [0.29, 0.717) is 6.42 Å². The van der Waals surface area contributed by atoms with Crippen LogP contribution in [0.3, 0.4) is 0 Å². The first-order valence-corrected chi connectivity index (χ1v) is 26.9. The van der Waals surface area contributed by atoms with Gasteiger partial charge >= 0.3 is 0 Å². The third-order valence-electron chi connectivity index (χ3n) is 11.7. The van der Waals surface area contributed by atoms with Crippen molar-refractivity contribution in [1.29, 1.82) is 0 Å². The predicted molar refractivity (Wildman–Crippen MR) is 290 cm³/mol. The van der Waals surface area contributed by atoms with E-state index in [0.717, 1.165) is 128 Å². The van der Waals surface area contributed by atoms with Crippen molar-refractivity contribution in [3.05, 3.63) is 134 Å². The van der Waals surface area contributed by atoms with Gasteiger partial charge in [0.2, 0.25) is 5.91 Å². The summed E-state index contributed by atoms with van der Waals surface area (Å²) < 4.78 is 11.2. The molecule has 0 aromatic heterocycles. The summed E-state index contributed by atoms with van der Waals surface area (Å²) in [5, 5.41) is 54.3. The molecule has 0 aliphatic carbocycles. The lowest BCUT2D eigenvalue weighted by molar-refractivity contribution is -0.302. The highest BCUT2D eigenvalue weighted by Crippen LogP contribution is 2.22. The van der Waals surface area contributed by atoms with Crippen LogP contribution in [0.1, 0.15) is 181 Å². The van der Waals surface area contributed by atoms with E-state index in [1.165, 1.54) is 32.1 Å². The van der Waals surface area contributed by atoms with E-state index in [2.05, 4.69) is 141 Å². The second kappa shape index (κ2) is 48.0. The molecule has 0 aromatic carbocycles. The van der Waals surface area contributed by atoms with Gasteiger partial charge in [-0.05, 0) is 109 Å². The van der Waals surface area contributed by atoms with Gasteiger partial charge in [-0.2, -0.15) is 0 Å². The average molecular weight is 960 g/mol. The van der Waals surface area contributed by atoms with Crippen molar-refractivity contribution in [2.75, 3.05) is 13.2 Å². The number of carbonyl (C=O) groups excluding carboxylic acids is 1. The van der Waals surface area contributed by atoms with Gasteiger partial charge in [-0.3, -0.25) is 4.79 Å². The van der Waals surface area contributed by atoms with Crippen molar-refractivity contribution in [3.8, 4) is 0 Å². The molecule has 7 atom stereocenters. The Hall–Kier alpha value is -3.67. The number of rotatable bonds is 43. The summed E-state index contributed by atoms with van der Waals surface area (Å²) in [4.78, 5) is 13.0. The molecule has 0 bridgehead atoms.